The van der Waals surface area contributed by atoms with E-state index >= 15 is 0 Å². The van der Waals surface area contributed by atoms with Gasteiger partial charge in [-0.05, 0) is 38.4 Å². The van der Waals surface area contributed by atoms with Gasteiger partial charge in [-0.2, -0.15) is 0 Å². The van der Waals surface area contributed by atoms with Crippen LogP contribution in [0.3, 0.4) is 0 Å². The molecule has 0 spiro atoms. The van der Waals surface area contributed by atoms with Gasteiger partial charge < -0.3 is 10.0 Å². The number of aliphatic hydroxyl groups excluding tert-OH is 1. The van der Waals surface area contributed by atoms with Gasteiger partial charge >= 0.3 is 0 Å². The van der Waals surface area contributed by atoms with Crippen LogP contribution in [0, 0.1) is 17.8 Å². The van der Waals surface area contributed by atoms with Crippen molar-refractivity contribution in [1.82, 2.24) is 9.80 Å². The summed E-state index contributed by atoms with van der Waals surface area (Å²) in [6.45, 7) is 4.86. The molecule has 1 aliphatic heterocycles. The minimum absolute atomic E-state index is 0.329. The lowest BCUT2D eigenvalue weighted by atomic mass is 9.60. The quantitative estimate of drug-likeness (QED) is 0.905. The molecular weight excluding hydrogens is 248 g/mol. The van der Waals surface area contributed by atoms with Crippen molar-refractivity contribution in [2.75, 3.05) is 27.2 Å². The van der Waals surface area contributed by atoms with Gasteiger partial charge in [0, 0.05) is 37.7 Å². The van der Waals surface area contributed by atoms with Crippen LogP contribution in [-0.4, -0.2) is 54.2 Å². The molecule has 0 radical (unpaired) electrons. The molecule has 110 valence electrons. The van der Waals surface area contributed by atoms with Gasteiger partial charge in [0.15, 0.2) is 0 Å². The number of hydrogen-bond donors (Lipinski definition) is 1. The number of nitrogens with zero attached hydrogens (tertiary/aromatic N) is 2. The number of fused-ring (bicyclic) bond motifs is 1. The molecule has 2 aliphatic rings. The lowest BCUT2D eigenvalue weighted by Gasteiger charge is -2.52. The predicted molar refractivity (Wildman–Crippen MR) is 81.3 cm³/mol. The summed E-state index contributed by atoms with van der Waals surface area (Å²) >= 11 is 0. The van der Waals surface area contributed by atoms with Crippen molar-refractivity contribution < 1.29 is 5.11 Å². The van der Waals surface area contributed by atoms with Gasteiger partial charge in [-0.25, -0.2) is 0 Å². The zero-order chi connectivity index (χ0) is 14.3. The van der Waals surface area contributed by atoms with Crippen LogP contribution in [0.25, 0.3) is 0 Å². The molecule has 1 unspecified atom stereocenters. The fourth-order valence-corrected chi connectivity index (χ4v) is 4.51. The van der Waals surface area contributed by atoms with Gasteiger partial charge in [-0.3, -0.25) is 4.90 Å². The first-order valence-electron chi connectivity index (χ1n) is 7.68. The Morgan fingerprint density at radius 3 is 2.55 bits per heavy atom. The number of rotatable bonds is 4. The summed E-state index contributed by atoms with van der Waals surface area (Å²) in [6, 6.07) is 11.9. The molecule has 0 aromatic heterocycles. The first-order valence-corrected chi connectivity index (χ1v) is 7.68. The molecule has 1 saturated heterocycles. The van der Waals surface area contributed by atoms with Gasteiger partial charge in [-0.1, -0.05) is 30.3 Å². The number of benzene rings is 1. The van der Waals surface area contributed by atoms with Crippen molar-refractivity contribution in [3.05, 3.63) is 35.9 Å². The van der Waals surface area contributed by atoms with Crippen LogP contribution in [0.5, 0.6) is 0 Å². The predicted octanol–water partition coefficient (Wildman–Crippen LogP) is 1.68. The molecule has 3 nitrogen and oxygen atoms in total. The van der Waals surface area contributed by atoms with Crippen LogP contribution >= 0.6 is 0 Å². The minimum atomic E-state index is 0.329. The van der Waals surface area contributed by atoms with Gasteiger partial charge in [0.2, 0.25) is 0 Å². The van der Waals surface area contributed by atoms with Gasteiger partial charge in [0.05, 0.1) is 0 Å². The second kappa shape index (κ2) is 5.47. The van der Waals surface area contributed by atoms with Crippen LogP contribution in [0.2, 0.25) is 0 Å². The molecule has 1 heterocycles. The minimum Gasteiger partial charge on any atom is -0.396 e. The first kappa shape index (κ1) is 14.1. The molecule has 1 saturated carbocycles. The second-order valence-corrected chi connectivity index (χ2v) is 6.70. The maximum absolute atomic E-state index is 9.67. The number of hydrogen-bond acceptors (Lipinski definition) is 3. The topological polar surface area (TPSA) is 26.7 Å². The highest BCUT2D eigenvalue weighted by Gasteiger charge is 2.58. The fourth-order valence-electron chi connectivity index (χ4n) is 4.51. The third kappa shape index (κ3) is 2.18. The van der Waals surface area contributed by atoms with E-state index in [2.05, 4.69) is 61.2 Å². The SMILES string of the molecule is C[C@H]1[C@@H]2C(N(C)C)[C@H](CO)[C@@H]2CN1Cc1ccccc1. The van der Waals surface area contributed by atoms with Gasteiger partial charge in [0.1, 0.15) is 0 Å². The summed E-state index contributed by atoms with van der Waals surface area (Å²) < 4.78 is 0. The molecule has 3 rings (SSSR count). The summed E-state index contributed by atoms with van der Waals surface area (Å²) in [5.74, 6) is 1.84. The van der Waals surface area contributed by atoms with Crippen LogP contribution in [0.1, 0.15) is 12.5 Å². The molecule has 2 fully saturated rings. The van der Waals surface area contributed by atoms with Crippen molar-refractivity contribution in [2.45, 2.75) is 25.6 Å². The zero-order valence-electron chi connectivity index (χ0n) is 12.7. The Hall–Kier alpha value is -0.900. The average molecular weight is 274 g/mol. The van der Waals surface area contributed by atoms with Crippen molar-refractivity contribution in [3.63, 3.8) is 0 Å². The zero-order valence-corrected chi connectivity index (χ0v) is 12.7. The van der Waals surface area contributed by atoms with Crippen LogP contribution in [-0.2, 0) is 6.54 Å². The van der Waals surface area contributed by atoms with Crippen molar-refractivity contribution in [1.29, 1.82) is 0 Å². The monoisotopic (exact) mass is 274 g/mol. The fraction of sp³-hybridized carbons (Fsp3) is 0.647. The van der Waals surface area contributed by atoms with Crippen molar-refractivity contribution in [3.8, 4) is 0 Å². The third-order valence-electron chi connectivity index (χ3n) is 5.49. The third-order valence-corrected chi connectivity index (χ3v) is 5.49. The standard InChI is InChI=1S/C17H26N2O/c1-12-16-14(15(11-20)17(16)18(2)3)10-19(12)9-13-7-5-4-6-8-13/h4-8,12,14-17,20H,9-11H2,1-3H3/t12-,14-,15+,16-,17?/m0/s1. The molecule has 1 aromatic rings. The maximum atomic E-state index is 9.67. The molecule has 1 aromatic carbocycles. The van der Waals surface area contributed by atoms with E-state index in [-0.39, 0.29) is 0 Å². The number of aliphatic hydroxyl groups is 1. The van der Waals surface area contributed by atoms with E-state index in [0.29, 0.717) is 36.4 Å². The van der Waals surface area contributed by atoms with E-state index in [1.54, 1.807) is 0 Å². The molecule has 0 amide bonds. The summed E-state index contributed by atoms with van der Waals surface area (Å²) in [5.41, 5.74) is 1.39. The van der Waals surface area contributed by atoms with E-state index in [0.717, 1.165) is 13.1 Å². The van der Waals surface area contributed by atoms with Crippen molar-refractivity contribution in [2.24, 2.45) is 17.8 Å². The highest BCUT2D eigenvalue weighted by molar-refractivity contribution is 5.17. The Morgan fingerprint density at radius 2 is 1.95 bits per heavy atom. The normalized spacial score (nSPS) is 37.0. The largest absolute Gasteiger partial charge is 0.396 e. The van der Waals surface area contributed by atoms with Crippen LogP contribution in [0.15, 0.2) is 30.3 Å². The Kier molecular flexibility index (Phi) is 3.85. The highest BCUT2D eigenvalue weighted by Crippen LogP contribution is 2.51. The maximum Gasteiger partial charge on any atom is 0.0477 e. The summed E-state index contributed by atoms with van der Waals surface area (Å²) in [7, 11) is 4.30. The van der Waals surface area contributed by atoms with E-state index in [1.807, 2.05) is 0 Å². The molecular formula is C17H26N2O. The number of likely N-dealkylation sites (tertiary alicyclic amines) is 1. The lowest BCUT2D eigenvalue weighted by Crippen LogP contribution is -2.60. The molecule has 0 bridgehead atoms. The molecule has 20 heavy (non-hydrogen) atoms. The second-order valence-electron chi connectivity index (χ2n) is 6.70. The average Bonchev–Trinajstić information content (AvgIpc) is 2.66. The van der Waals surface area contributed by atoms with E-state index in [1.165, 1.54) is 5.56 Å². The summed E-state index contributed by atoms with van der Waals surface area (Å²) in [4.78, 5) is 4.90. The first-order chi connectivity index (χ1) is 9.63. The van der Waals surface area contributed by atoms with E-state index < -0.39 is 0 Å². The van der Waals surface area contributed by atoms with Crippen molar-refractivity contribution >= 4 is 0 Å². The Labute approximate surface area is 122 Å². The van der Waals surface area contributed by atoms with E-state index in [9.17, 15) is 5.11 Å². The Bertz CT molecular complexity index is 448. The van der Waals surface area contributed by atoms with E-state index in [4.69, 9.17) is 0 Å². The Balaban J connectivity index is 1.72. The Morgan fingerprint density at radius 1 is 1.25 bits per heavy atom. The van der Waals surface area contributed by atoms with Crippen LogP contribution in [0.4, 0.5) is 0 Å². The molecule has 1 N–H and O–H groups in total. The molecule has 5 atom stereocenters. The lowest BCUT2D eigenvalue weighted by molar-refractivity contribution is -0.0526. The van der Waals surface area contributed by atoms with Crippen LogP contribution < -0.4 is 0 Å². The molecule has 3 heteroatoms. The smallest absolute Gasteiger partial charge is 0.0477 e. The van der Waals surface area contributed by atoms with Gasteiger partial charge in [-0.15, -0.1) is 0 Å². The summed E-state index contributed by atoms with van der Waals surface area (Å²) in [6.07, 6.45) is 0. The summed E-state index contributed by atoms with van der Waals surface area (Å²) in [5, 5.41) is 9.67. The van der Waals surface area contributed by atoms with Gasteiger partial charge in [0.25, 0.3) is 0 Å². The highest BCUT2D eigenvalue weighted by atomic mass is 16.3. The molecule has 1 aliphatic carbocycles.